The van der Waals surface area contributed by atoms with Crippen LogP contribution in [0.25, 0.3) is 0 Å². The summed E-state index contributed by atoms with van der Waals surface area (Å²) in [7, 11) is 2.03. The smallest absolute Gasteiger partial charge is 0.208 e. The summed E-state index contributed by atoms with van der Waals surface area (Å²) in [6.45, 7) is 8.76. The van der Waals surface area contributed by atoms with Crippen LogP contribution in [0.5, 0.6) is 0 Å². The number of hydrazine groups is 1. The topological polar surface area (TPSA) is 66.1 Å². The van der Waals surface area contributed by atoms with E-state index in [2.05, 4.69) is 20.2 Å². The quantitative estimate of drug-likeness (QED) is 0.218. The summed E-state index contributed by atoms with van der Waals surface area (Å²) in [4.78, 5) is 9.04. The van der Waals surface area contributed by atoms with Gasteiger partial charge in [-0.2, -0.15) is 0 Å². The highest BCUT2D eigenvalue weighted by molar-refractivity contribution is 5.79. The molecule has 1 heterocycles. The van der Waals surface area contributed by atoms with E-state index in [0.29, 0.717) is 0 Å². The Morgan fingerprint density at radius 3 is 2.79 bits per heavy atom. The summed E-state index contributed by atoms with van der Waals surface area (Å²) < 4.78 is 5.28. The Bertz CT molecular complexity index is 253. The Balaban J connectivity index is 2.20. The number of hydrogen-bond donors (Lipinski definition) is 2. The van der Waals surface area contributed by atoms with Gasteiger partial charge in [-0.25, -0.2) is 5.84 Å². The molecule has 1 aliphatic heterocycles. The molecule has 6 heteroatoms. The lowest BCUT2D eigenvalue weighted by Gasteiger charge is -2.23. The van der Waals surface area contributed by atoms with Crippen LogP contribution in [-0.4, -0.2) is 68.7 Å². The number of nitrogens with zero attached hydrogens (tertiary/aromatic N) is 3. The number of guanidine groups is 1. The average Bonchev–Trinajstić information content (AvgIpc) is 2.93. The largest absolute Gasteiger partial charge is 0.382 e. The predicted molar refractivity (Wildman–Crippen MR) is 79.0 cm³/mol. The first-order valence-electron chi connectivity index (χ1n) is 7.30. The van der Waals surface area contributed by atoms with Crippen LogP contribution >= 0.6 is 0 Å². The van der Waals surface area contributed by atoms with Gasteiger partial charge in [-0.1, -0.05) is 0 Å². The third kappa shape index (κ3) is 6.75. The molecule has 0 spiro atoms. The van der Waals surface area contributed by atoms with Gasteiger partial charge >= 0.3 is 0 Å². The zero-order valence-corrected chi connectivity index (χ0v) is 12.4. The number of rotatable bonds is 8. The molecule has 0 atom stereocenters. The molecular formula is C13H29N5O. The van der Waals surface area contributed by atoms with E-state index in [1.54, 1.807) is 0 Å². The summed E-state index contributed by atoms with van der Waals surface area (Å²) in [6, 6.07) is 0. The highest BCUT2D eigenvalue weighted by atomic mass is 16.5. The van der Waals surface area contributed by atoms with Crippen molar-refractivity contribution in [1.82, 2.24) is 15.2 Å². The van der Waals surface area contributed by atoms with E-state index in [9.17, 15) is 0 Å². The molecule has 0 amide bonds. The predicted octanol–water partition coefficient (Wildman–Crippen LogP) is 0.260. The summed E-state index contributed by atoms with van der Waals surface area (Å²) >= 11 is 0. The normalized spacial score (nSPS) is 16.9. The van der Waals surface area contributed by atoms with Crippen LogP contribution in [0.2, 0.25) is 0 Å². The molecule has 0 saturated carbocycles. The monoisotopic (exact) mass is 271 g/mol. The van der Waals surface area contributed by atoms with Crippen LogP contribution in [0, 0.1) is 0 Å². The molecule has 0 bridgehead atoms. The maximum atomic E-state index is 5.53. The fraction of sp³-hybridized carbons (Fsp3) is 0.923. The van der Waals surface area contributed by atoms with Crippen molar-refractivity contribution in [3.63, 3.8) is 0 Å². The van der Waals surface area contributed by atoms with Crippen LogP contribution in [0.1, 0.15) is 26.2 Å². The number of nitrogens with one attached hydrogen (secondary N) is 1. The SMILES string of the molecule is CCOCCCN=C(NN)N(C)CCN1CCCC1. The van der Waals surface area contributed by atoms with Gasteiger partial charge in [0.2, 0.25) is 5.96 Å². The Hall–Kier alpha value is -0.850. The zero-order valence-electron chi connectivity index (χ0n) is 12.4. The Labute approximate surface area is 117 Å². The van der Waals surface area contributed by atoms with Crippen molar-refractivity contribution < 1.29 is 4.74 Å². The maximum Gasteiger partial charge on any atom is 0.208 e. The van der Waals surface area contributed by atoms with Gasteiger partial charge in [-0.15, -0.1) is 0 Å². The van der Waals surface area contributed by atoms with Crippen LogP contribution in [0.3, 0.4) is 0 Å². The van der Waals surface area contributed by atoms with Crippen molar-refractivity contribution in [2.75, 3.05) is 53.0 Å². The molecule has 3 N–H and O–H groups in total. The van der Waals surface area contributed by atoms with Gasteiger partial charge in [-0.05, 0) is 39.3 Å². The van der Waals surface area contributed by atoms with Gasteiger partial charge < -0.3 is 14.5 Å². The van der Waals surface area contributed by atoms with Gasteiger partial charge in [0.05, 0.1) is 0 Å². The number of aliphatic imine (C=N–C) groups is 1. The number of likely N-dealkylation sites (N-methyl/N-ethyl adjacent to an activating group) is 1. The number of ether oxygens (including phenoxy) is 1. The van der Waals surface area contributed by atoms with E-state index < -0.39 is 0 Å². The summed E-state index contributed by atoms with van der Waals surface area (Å²) in [5.41, 5.74) is 2.68. The zero-order chi connectivity index (χ0) is 13.9. The molecule has 0 aromatic carbocycles. The first-order chi connectivity index (χ1) is 9.27. The minimum Gasteiger partial charge on any atom is -0.382 e. The molecule has 1 rings (SSSR count). The minimum atomic E-state index is 0.744. The fourth-order valence-electron chi connectivity index (χ4n) is 2.18. The molecule has 0 unspecified atom stereocenters. The van der Waals surface area contributed by atoms with Gasteiger partial charge in [0.1, 0.15) is 0 Å². The molecular weight excluding hydrogens is 242 g/mol. The second-order valence-electron chi connectivity index (χ2n) is 4.87. The Kier molecular flexibility index (Phi) is 8.53. The molecule has 112 valence electrons. The first kappa shape index (κ1) is 16.2. The molecule has 1 saturated heterocycles. The van der Waals surface area contributed by atoms with E-state index in [4.69, 9.17) is 10.6 Å². The summed E-state index contributed by atoms with van der Waals surface area (Å²) in [5.74, 6) is 6.29. The second kappa shape index (κ2) is 10.00. The molecule has 0 radical (unpaired) electrons. The molecule has 1 fully saturated rings. The van der Waals surface area contributed by atoms with Gasteiger partial charge in [0.15, 0.2) is 0 Å². The second-order valence-corrected chi connectivity index (χ2v) is 4.87. The van der Waals surface area contributed by atoms with Crippen LogP contribution in [0.15, 0.2) is 4.99 Å². The molecule has 0 aromatic heterocycles. The van der Waals surface area contributed by atoms with E-state index in [1.807, 2.05) is 14.0 Å². The van der Waals surface area contributed by atoms with Crippen molar-refractivity contribution >= 4 is 5.96 Å². The number of likely N-dealkylation sites (tertiary alicyclic amines) is 1. The lowest BCUT2D eigenvalue weighted by Crippen LogP contribution is -2.45. The molecule has 1 aliphatic rings. The Morgan fingerprint density at radius 1 is 1.42 bits per heavy atom. The third-order valence-corrected chi connectivity index (χ3v) is 3.35. The molecule has 19 heavy (non-hydrogen) atoms. The molecule has 6 nitrogen and oxygen atoms in total. The van der Waals surface area contributed by atoms with Gasteiger partial charge in [0, 0.05) is 39.9 Å². The average molecular weight is 271 g/mol. The van der Waals surface area contributed by atoms with Crippen molar-refractivity contribution in [1.29, 1.82) is 0 Å². The maximum absolute atomic E-state index is 5.53. The lowest BCUT2D eigenvalue weighted by atomic mass is 10.4. The van der Waals surface area contributed by atoms with Crippen LogP contribution in [0.4, 0.5) is 0 Å². The van der Waals surface area contributed by atoms with E-state index >= 15 is 0 Å². The van der Waals surface area contributed by atoms with Crippen LogP contribution < -0.4 is 11.3 Å². The van der Waals surface area contributed by atoms with E-state index in [0.717, 1.165) is 45.2 Å². The summed E-state index contributed by atoms with van der Waals surface area (Å²) in [5, 5.41) is 0. The fourth-order valence-corrected chi connectivity index (χ4v) is 2.18. The van der Waals surface area contributed by atoms with Crippen molar-refractivity contribution in [2.45, 2.75) is 26.2 Å². The highest BCUT2D eigenvalue weighted by Gasteiger charge is 2.12. The first-order valence-corrected chi connectivity index (χ1v) is 7.30. The summed E-state index contributed by atoms with van der Waals surface area (Å²) in [6.07, 6.45) is 3.59. The minimum absolute atomic E-state index is 0.744. The van der Waals surface area contributed by atoms with Crippen molar-refractivity contribution in [3.8, 4) is 0 Å². The van der Waals surface area contributed by atoms with Gasteiger partial charge in [0.25, 0.3) is 0 Å². The van der Waals surface area contributed by atoms with Gasteiger partial charge in [-0.3, -0.25) is 10.4 Å². The molecule has 0 aliphatic carbocycles. The van der Waals surface area contributed by atoms with E-state index in [1.165, 1.54) is 25.9 Å². The lowest BCUT2D eigenvalue weighted by molar-refractivity contribution is 0.146. The number of hydrogen-bond acceptors (Lipinski definition) is 4. The third-order valence-electron chi connectivity index (χ3n) is 3.35. The standard InChI is InChI=1S/C13H29N5O/c1-3-19-12-6-7-15-13(16-14)17(2)10-11-18-8-4-5-9-18/h3-12,14H2,1-2H3,(H,15,16). The van der Waals surface area contributed by atoms with Crippen molar-refractivity contribution in [2.24, 2.45) is 10.8 Å². The highest BCUT2D eigenvalue weighted by Crippen LogP contribution is 2.06. The van der Waals surface area contributed by atoms with Crippen LogP contribution in [-0.2, 0) is 4.74 Å². The number of nitrogens with two attached hydrogens (primary N) is 1. The Morgan fingerprint density at radius 2 is 2.16 bits per heavy atom. The van der Waals surface area contributed by atoms with Crippen molar-refractivity contribution in [3.05, 3.63) is 0 Å². The molecule has 0 aromatic rings. The van der Waals surface area contributed by atoms with E-state index in [-0.39, 0.29) is 0 Å².